The van der Waals surface area contributed by atoms with Crippen LogP contribution in [0.3, 0.4) is 0 Å². The second-order valence-electron chi connectivity index (χ2n) is 7.94. The largest absolute Gasteiger partial charge is 0.573 e. The van der Waals surface area contributed by atoms with Gasteiger partial charge in [0.15, 0.2) is 0 Å². The average Bonchev–Trinajstić information content (AvgIpc) is 2.66. The van der Waals surface area contributed by atoms with Crippen LogP contribution in [-0.2, 0) is 0 Å². The van der Waals surface area contributed by atoms with Gasteiger partial charge in [0.2, 0.25) is 5.95 Å². The van der Waals surface area contributed by atoms with Crippen molar-refractivity contribution < 1.29 is 31.4 Å². The van der Waals surface area contributed by atoms with Crippen molar-refractivity contribution in [2.45, 2.75) is 39.3 Å². The number of ether oxygens (including phenoxy) is 2. The molecule has 2 aromatic carbocycles. The van der Waals surface area contributed by atoms with Crippen molar-refractivity contribution in [3.8, 4) is 22.8 Å². The number of nitrogens with zero attached hydrogens (tertiary/aromatic N) is 2. The average molecular weight is 468 g/mol. The normalized spacial score (nSPS) is 11.9. The fraction of sp³-hybridized carbons (Fsp3) is 0.273. The van der Waals surface area contributed by atoms with Crippen molar-refractivity contribution in [2.75, 3.05) is 10.6 Å². The van der Waals surface area contributed by atoms with Crippen LogP contribution in [0.1, 0.15) is 20.8 Å². The minimum absolute atomic E-state index is 0.00417. The summed E-state index contributed by atoms with van der Waals surface area (Å²) in [6.07, 6.45) is -4.82. The maximum absolute atomic E-state index is 12.6. The summed E-state index contributed by atoms with van der Waals surface area (Å²) in [5, 5.41) is 6.15. The number of nitrogens with one attached hydrogen (secondary N) is 2. The summed E-state index contributed by atoms with van der Waals surface area (Å²) in [5.41, 5.74) is 0.840. The van der Waals surface area contributed by atoms with Crippen molar-refractivity contribution in [3.63, 3.8) is 0 Å². The molecule has 0 fully saturated rings. The third-order valence-electron chi connectivity index (χ3n) is 3.93. The lowest BCUT2D eigenvalue weighted by Gasteiger charge is -2.21. The van der Waals surface area contributed by atoms with E-state index < -0.39 is 18.5 Å². The van der Waals surface area contributed by atoms with Crippen LogP contribution >= 0.6 is 0 Å². The van der Waals surface area contributed by atoms with Gasteiger partial charge in [0.25, 0.3) is 0 Å². The maximum Gasteiger partial charge on any atom is 0.573 e. The zero-order valence-electron chi connectivity index (χ0n) is 17.9. The molecule has 0 atom stereocenters. The molecule has 0 radical (unpaired) electrons. The number of anilines is 3. The van der Waals surface area contributed by atoms with Gasteiger partial charge in [0.05, 0.1) is 5.69 Å². The van der Waals surface area contributed by atoms with E-state index in [2.05, 4.69) is 30.1 Å². The molecule has 0 saturated heterocycles. The fourth-order valence-electron chi connectivity index (χ4n) is 2.77. The monoisotopic (exact) mass is 468 g/mol. The van der Waals surface area contributed by atoms with Gasteiger partial charge in [-0.05, 0) is 57.2 Å². The lowest BCUT2D eigenvalue weighted by molar-refractivity contribution is -0.274. The van der Waals surface area contributed by atoms with E-state index in [4.69, 9.17) is 0 Å². The highest BCUT2D eigenvalue weighted by Gasteiger charge is 2.31. The van der Waals surface area contributed by atoms with Crippen molar-refractivity contribution >= 4 is 17.5 Å². The van der Waals surface area contributed by atoms with Gasteiger partial charge in [-0.3, -0.25) is 0 Å². The lowest BCUT2D eigenvalue weighted by atomic mass is 10.1. The Labute approximate surface area is 186 Å². The molecule has 0 aliphatic heterocycles. The Morgan fingerprint density at radius 1 is 0.879 bits per heavy atom. The summed E-state index contributed by atoms with van der Waals surface area (Å²) >= 11 is 0. The van der Waals surface area contributed by atoms with Gasteiger partial charge < -0.3 is 20.1 Å². The molecule has 0 amide bonds. The zero-order valence-corrected chi connectivity index (χ0v) is 17.9. The van der Waals surface area contributed by atoms with Crippen LogP contribution in [0.25, 0.3) is 11.3 Å². The van der Waals surface area contributed by atoms with E-state index in [1.807, 2.05) is 20.8 Å². The van der Waals surface area contributed by atoms with E-state index in [9.17, 15) is 22.0 Å². The Balaban J connectivity index is 1.94. The van der Waals surface area contributed by atoms with E-state index in [0.717, 1.165) is 0 Å². The molecule has 0 unspecified atom stereocenters. The zero-order chi connectivity index (χ0) is 24.2. The van der Waals surface area contributed by atoms with E-state index in [-0.39, 0.29) is 17.4 Å². The summed E-state index contributed by atoms with van der Waals surface area (Å²) in [7, 11) is 0. The van der Waals surface area contributed by atoms with Crippen LogP contribution in [0.15, 0.2) is 54.6 Å². The highest BCUT2D eigenvalue weighted by molar-refractivity contribution is 5.68. The van der Waals surface area contributed by atoms with Gasteiger partial charge in [-0.1, -0.05) is 12.1 Å². The van der Waals surface area contributed by atoms with Crippen molar-refractivity contribution in [1.82, 2.24) is 9.97 Å². The molecule has 3 rings (SSSR count). The summed E-state index contributed by atoms with van der Waals surface area (Å²) in [5.74, 6) is 0.183. The van der Waals surface area contributed by atoms with Crippen LogP contribution in [0.4, 0.5) is 39.4 Å². The number of hydrogen-bond donors (Lipinski definition) is 2. The second kappa shape index (κ2) is 9.47. The third-order valence-corrected chi connectivity index (χ3v) is 3.93. The predicted octanol–water partition coefficient (Wildman–Crippen LogP) is 6.60. The van der Waals surface area contributed by atoms with Crippen LogP contribution in [-0.4, -0.2) is 28.5 Å². The molecule has 0 aliphatic carbocycles. The molecule has 0 aliphatic rings. The standard InChI is InChI=1S/C22H21F5N4O2/c1-21(2,3)31-20-29-17(13-5-4-6-16(11-13)33-22(25,26)27)12-18(30-20)28-14-7-9-15(10-8-14)32-19(23)24/h4-12,19H,1-3H3,(H2,28,29,30,31). The number of halogens is 5. The van der Waals surface area contributed by atoms with Gasteiger partial charge in [0, 0.05) is 22.9 Å². The molecule has 6 nitrogen and oxygen atoms in total. The first-order chi connectivity index (χ1) is 15.4. The topological polar surface area (TPSA) is 68.3 Å². The highest BCUT2D eigenvalue weighted by atomic mass is 19.4. The van der Waals surface area contributed by atoms with E-state index in [1.165, 1.54) is 42.5 Å². The summed E-state index contributed by atoms with van der Waals surface area (Å²) in [4.78, 5) is 8.81. The molecule has 3 aromatic rings. The minimum atomic E-state index is -4.82. The summed E-state index contributed by atoms with van der Waals surface area (Å²) in [6.45, 7) is 2.76. The first-order valence-electron chi connectivity index (χ1n) is 9.72. The summed E-state index contributed by atoms with van der Waals surface area (Å²) in [6, 6.07) is 12.7. The second-order valence-corrected chi connectivity index (χ2v) is 7.94. The number of rotatable bonds is 7. The number of alkyl halides is 5. The molecule has 33 heavy (non-hydrogen) atoms. The Bertz CT molecular complexity index is 1080. The van der Waals surface area contributed by atoms with Crippen molar-refractivity contribution in [3.05, 3.63) is 54.6 Å². The number of hydrogen-bond acceptors (Lipinski definition) is 6. The van der Waals surface area contributed by atoms with E-state index in [0.29, 0.717) is 22.8 Å². The third kappa shape index (κ3) is 7.78. The van der Waals surface area contributed by atoms with E-state index in [1.54, 1.807) is 12.1 Å². The molecule has 1 heterocycles. The van der Waals surface area contributed by atoms with Crippen LogP contribution in [0, 0.1) is 0 Å². The molecule has 0 spiro atoms. The van der Waals surface area contributed by atoms with Crippen LogP contribution in [0.5, 0.6) is 11.5 Å². The lowest BCUT2D eigenvalue weighted by Crippen LogP contribution is -2.27. The summed E-state index contributed by atoms with van der Waals surface area (Å²) < 4.78 is 70.8. The molecule has 2 N–H and O–H groups in total. The van der Waals surface area contributed by atoms with Gasteiger partial charge >= 0.3 is 13.0 Å². The Morgan fingerprint density at radius 3 is 2.18 bits per heavy atom. The van der Waals surface area contributed by atoms with Gasteiger partial charge in [-0.2, -0.15) is 13.8 Å². The maximum atomic E-state index is 12.6. The quantitative estimate of drug-likeness (QED) is 0.381. The number of aromatic nitrogens is 2. The minimum Gasteiger partial charge on any atom is -0.435 e. The first-order valence-corrected chi connectivity index (χ1v) is 9.72. The molecule has 176 valence electrons. The van der Waals surface area contributed by atoms with E-state index >= 15 is 0 Å². The molecular formula is C22H21F5N4O2. The SMILES string of the molecule is CC(C)(C)Nc1nc(Nc2ccc(OC(F)F)cc2)cc(-c2cccc(OC(F)(F)F)c2)n1. The molecule has 0 saturated carbocycles. The van der Waals surface area contributed by atoms with Gasteiger partial charge in [0.1, 0.15) is 17.3 Å². The highest BCUT2D eigenvalue weighted by Crippen LogP contribution is 2.30. The molecule has 11 heteroatoms. The van der Waals surface area contributed by atoms with Crippen molar-refractivity contribution in [2.24, 2.45) is 0 Å². The van der Waals surface area contributed by atoms with Crippen molar-refractivity contribution in [1.29, 1.82) is 0 Å². The molecular weight excluding hydrogens is 447 g/mol. The smallest absolute Gasteiger partial charge is 0.435 e. The Kier molecular flexibility index (Phi) is 6.89. The Morgan fingerprint density at radius 2 is 1.58 bits per heavy atom. The first kappa shape index (κ1) is 24.0. The molecule has 0 bridgehead atoms. The Hall–Kier alpha value is -3.63. The fourth-order valence-corrected chi connectivity index (χ4v) is 2.77. The van der Waals surface area contributed by atoms with Gasteiger partial charge in [-0.15, -0.1) is 13.2 Å². The molecule has 1 aromatic heterocycles. The van der Waals surface area contributed by atoms with Gasteiger partial charge in [-0.25, -0.2) is 4.98 Å². The van der Waals surface area contributed by atoms with Crippen LogP contribution < -0.4 is 20.1 Å². The predicted molar refractivity (Wildman–Crippen MR) is 114 cm³/mol. The van der Waals surface area contributed by atoms with Crippen LogP contribution in [0.2, 0.25) is 0 Å². The number of benzene rings is 2.